The van der Waals surface area contributed by atoms with Crippen molar-refractivity contribution in [3.8, 4) is 11.5 Å². The molecule has 132 valence electrons. The third kappa shape index (κ3) is 5.08. The lowest BCUT2D eigenvalue weighted by Gasteiger charge is -2.15. The molecule has 2 rings (SSSR count). The fraction of sp³-hybridized carbons (Fsp3) is 0.188. The van der Waals surface area contributed by atoms with E-state index in [2.05, 4.69) is 10.9 Å². The minimum absolute atomic E-state index is 0.0898. The van der Waals surface area contributed by atoms with Crippen LogP contribution in [0.15, 0.2) is 42.5 Å². The molecule has 0 unspecified atom stereocenters. The number of hydrazine groups is 1. The molecule has 0 aliphatic heterocycles. The zero-order valence-electron chi connectivity index (χ0n) is 13.4. The number of para-hydroxylation sites is 1. The maximum absolute atomic E-state index is 11.1. The van der Waals surface area contributed by atoms with Gasteiger partial charge in [-0.15, -0.1) is 0 Å². The number of nitro benzene ring substituents is 1. The Morgan fingerprint density at radius 2 is 2.00 bits per heavy atom. The third-order valence-corrected chi connectivity index (χ3v) is 3.17. The van der Waals surface area contributed by atoms with Crippen LogP contribution in [-0.2, 0) is 11.3 Å². The molecule has 2 aromatic rings. The smallest absolute Gasteiger partial charge is 0.341 e. The van der Waals surface area contributed by atoms with Crippen molar-refractivity contribution < 1.29 is 24.3 Å². The molecule has 3 N–H and O–H groups in total. The van der Waals surface area contributed by atoms with Gasteiger partial charge in [0.25, 0.3) is 5.69 Å². The zero-order valence-corrected chi connectivity index (χ0v) is 13.4. The Kier molecular flexibility index (Phi) is 6.13. The second kappa shape index (κ2) is 8.50. The molecule has 0 aliphatic carbocycles. The summed E-state index contributed by atoms with van der Waals surface area (Å²) < 4.78 is 10.3. The fourth-order valence-electron chi connectivity index (χ4n) is 2.09. The summed E-state index contributed by atoms with van der Waals surface area (Å²) in [4.78, 5) is 21.3. The monoisotopic (exact) mass is 347 g/mol. The quantitative estimate of drug-likeness (QED) is 0.466. The van der Waals surface area contributed by atoms with E-state index in [1.165, 1.54) is 19.2 Å². The SMILES string of the molecule is COc1cc([N+](=O)[O-])cc(CNNc2ccccc2)c1OCC(=O)O. The van der Waals surface area contributed by atoms with E-state index < -0.39 is 17.5 Å². The Hall–Kier alpha value is -3.33. The van der Waals surface area contributed by atoms with Crippen LogP contribution < -0.4 is 20.3 Å². The largest absolute Gasteiger partial charge is 0.493 e. The van der Waals surface area contributed by atoms with Crippen LogP contribution in [0.3, 0.4) is 0 Å². The van der Waals surface area contributed by atoms with Gasteiger partial charge in [-0.3, -0.25) is 10.1 Å². The molecule has 0 atom stereocenters. The molecular weight excluding hydrogens is 330 g/mol. The normalized spacial score (nSPS) is 10.1. The number of methoxy groups -OCH3 is 1. The number of anilines is 1. The zero-order chi connectivity index (χ0) is 18.2. The summed E-state index contributed by atoms with van der Waals surface area (Å²) >= 11 is 0. The Morgan fingerprint density at radius 3 is 2.60 bits per heavy atom. The Labute approximate surface area is 143 Å². The predicted molar refractivity (Wildman–Crippen MR) is 89.7 cm³/mol. The molecule has 0 saturated heterocycles. The summed E-state index contributed by atoms with van der Waals surface area (Å²) in [5.74, 6) is -0.938. The highest BCUT2D eigenvalue weighted by molar-refractivity contribution is 5.69. The minimum atomic E-state index is -1.17. The number of non-ortho nitro benzene ring substituents is 1. The number of carboxylic acids is 1. The van der Waals surface area contributed by atoms with Gasteiger partial charge in [-0.25, -0.2) is 10.2 Å². The van der Waals surface area contributed by atoms with E-state index in [0.29, 0.717) is 5.56 Å². The van der Waals surface area contributed by atoms with E-state index in [-0.39, 0.29) is 23.7 Å². The number of ether oxygens (including phenoxy) is 2. The highest BCUT2D eigenvalue weighted by Gasteiger charge is 2.19. The van der Waals surface area contributed by atoms with Crippen molar-refractivity contribution in [2.24, 2.45) is 0 Å². The van der Waals surface area contributed by atoms with Gasteiger partial charge in [0.05, 0.1) is 18.1 Å². The van der Waals surface area contributed by atoms with Gasteiger partial charge in [-0.05, 0) is 12.1 Å². The van der Waals surface area contributed by atoms with Crippen LogP contribution in [0, 0.1) is 10.1 Å². The third-order valence-electron chi connectivity index (χ3n) is 3.17. The van der Waals surface area contributed by atoms with Gasteiger partial charge in [0, 0.05) is 23.9 Å². The Bertz CT molecular complexity index is 751. The minimum Gasteiger partial charge on any atom is -0.493 e. The van der Waals surface area contributed by atoms with Crippen LogP contribution in [0.4, 0.5) is 11.4 Å². The topological polar surface area (TPSA) is 123 Å². The molecule has 0 aromatic heterocycles. The first-order valence-corrected chi connectivity index (χ1v) is 7.25. The number of hydrogen-bond acceptors (Lipinski definition) is 7. The summed E-state index contributed by atoms with van der Waals surface area (Å²) in [5.41, 5.74) is 6.85. The first kappa shape index (κ1) is 18.0. The Morgan fingerprint density at radius 1 is 1.28 bits per heavy atom. The number of benzene rings is 2. The van der Waals surface area contributed by atoms with Gasteiger partial charge < -0.3 is 20.0 Å². The highest BCUT2D eigenvalue weighted by atomic mass is 16.6. The van der Waals surface area contributed by atoms with Crippen molar-refractivity contribution >= 4 is 17.3 Å². The van der Waals surface area contributed by atoms with Gasteiger partial charge in [-0.2, -0.15) is 0 Å². The van der Waals surface area contributed by atoms with Crippen LogP contribution in [0.5, 0.6) is 11.5 Å². The van der Waals surface area contributed by atoms with Crippen molar-refractivity contribution in [2.75, 3.05) is 19.1 Å². The van der Waals surface area contributed by atoms with Gasteiger partial charge in [0.1, 0.15) is 0 Å². The van der Waals surface area contributed by atoms with E-state index in [1.807, 2.05) is 30.3 Å². The second-order valence-corrected chi connectivity index (χ2v) is 4.92. The lowest BCUT2D eigenvalue weighted by molar-refractivity contribution is -0.385. The van der Waals surface area contributed by atoms with Crippen LogP contribution in [0.2, 0.25) is 0 Å². The average molecular weight is 347 g/mol. The number of nitrogens with one attached hydrogen (secondary N) is 2. The van der Waals surface area contributed by atoms with E-state index in [9.17, 15) is 14.9 Å². The van der Waals surface area contributed by atoms with E-state index in [1.54, 1.807) is 0 Å². The molecule has 0 saturated carbocycles. The summed E-state index contributed by atoms with van der Waals surface area (Å²) in [6, 6.07) is 11.7. The molecule has 0 fully saturated rings. The lowest BCUT2D eigenvalue weighted by atomic mass is 10.1. The summed E-state index contributed by atoms with van der Waals surface area (Å²) in [5, 5.41) is 19.9. The second-order valence-electron chi connectivity index (χ2n) is 4.92. The van der Waals surface area contributed by atoms with E-state index >= 15 is 0 Å². The van der Waals surface area contributed by atoms with Crippen LogP contribution >= 0.6 is 0 Å². The van der Waals surface area contributed by atoms with Crippen LogP contribution in [0.1, 0.15) is 5.56 Å². The van der Waals surface area contributed by atoms with Crippen LogP contribution in [0.25, 0.3) is 0 Å². The molecule has 0 amide bonds. The number of carbonyl (C=O) groups is 1. The number of carboxylic acid groups (broad SMARTS) is 1. The molecule has 0 bridgehead atoms. The summed E-state index contributed by atoms with van der Waals surface area (Å²) in [7, 11) is 1.33. The van der Waals surface area contributed by atoms with E-state index in [4.69, 9.17) is 14.6 Å². The molecule has 0 heterocycles. The first-order chi connectivity index (χ1) is 12.0. The van der Waals surface area contributed by atoms with Crippen molar-refractivity contribution in [3.63, 3.8) is 0 Å². The van der Waals surface area contributed by atoms with E-state index in [0.717, 1.165) is 5.69 Å². The summed E-state index contributed by atoms with van der Waals surface area (Å²) in [6.45, 7) is -0.449. The van der Waals surface area contributed by atoms with Crippen molar-refractivity contribution in [2.45, 2.75) is 6.54 Å². The molecule has 9 nitrogen and oxygen atoms in total. The molecule has 0 radical (unpaired) electrons. The molecule has 25 heavy (non-hydrogen) atoms. The molecular formula is C16H17N3O6. The molecule has 9 heteroatoms. The van der Waals surface area contributed by atoms with Crippen molar-refractivity contribution in [1.82, 2.24) is 5.43 Å². The molecule has 2 aromatic carbocycles. The number of rotatable bonds is 9. The van der Waals surface area contributed by atoms with Gasteiger partial charge in [-0.1, -0.05) is 18.2 Å². The number of nitro groups is 1. The predicted octanol–water partition coefficient (Wildman–Crippen LogP) is 2.18. The molecule has 0 aliphatic rings. The maximum Gasteiger partial charge on any atom is 0.341 e. The maximum atomic E-state index is 11.1. The lowest BCUT2D eigenvalue weighted by Crippen LogP contribution is -2.22. The van der Waals surface area contributed by atoms with Crippen molar-refractivity contribution in [1.29, 1.82) is 0 Å². The molecule has 0 spiro atoms. The first-order valence-electron chi connectivity index (χ1n) is 7.25. The summed E-state index contributed by atoms with van der Waals surface area (Å²) in [6.07, 6.45) is 0. The van der Waals surface area contributed by atoms with Gasteiger partial charge in [0.2, 0.25) is 0 Å². The van der Waals surface area contributed by atoms with Gasteiger partial charge >= 0.3 is 5.97 Å². The van der Waals surface area contributed by atoms with Crippen LogP contribution in [-0.4, -0.2) is 29.7 Å². The fourth-order valence-corrected chi connectivity index (χ4v) is 2.09. The number of hydrogen-bond donors (Lipinski definition) is 3. The Balaban J connectivity index is 2.23. The average Bonchev–Trinajstić information content (AvgIpc) is 2.60. The standard InChI is InChI=1S/C16H17N3O6/c1-24-14-8-13(19(22)23)7-11(16(14)25-10-15(20)21)9-17-18-12-5-3-2-4-6-12/h2-8,17-18H,9-10H2,1H3,(H,20,21). The highest BCUT2D eigenvalue weighted by Crippen LogP contribution is 2.35. The number of aliphatic carboxylic acids is 1. The van der Waals surface area contributed by atoms with Gasteiger partial charge in [0.15, 0.2) is 18.1 Å². The van der Waals surface area contributed by atoms with Crippen molar-refractivity contribution in [3.05, 3.63) is 58.1 Å². The number of nitrogens with zero attached hydrogens (tertiary/aromatic N) is 1.